The Morgan fingerprint density at radius 1 is 1.48 bits per heavy atom. The average Bonchev–Trinajstić information content (AvgIpc) is 2.91. The van der Waals surface area contributed by atoms with Gasteiger partial charge in [-0.15, -0.1) is 24.0 Å². The normalized spacial score (nSPS) is 18.0. The molecular weight excluding hydrogens is 433 g/mol. The zero-order valence-corrected chi connectivity index (χ0v) is 18.1. The van der Waals surface area contributed by atoms with Crippen molar-refractivity contribution in [3.05, 3.63) is 11.6 Å². The molecule has 2 atom stereocenters. The minimum absolute atomic E-state index is 0. The van der Waals surface area contributed by atoms with Crippen LogP contribution in [-0.4, -0.2) is 64.3 Å². The van der Waals surface area contributed by atoms with Crippen LogP contribution in [-0.2, 0) is 17.8 Å². The number of nitrogens with zero attached hydrogens (tertiary/aromatic N) is 5. The molecule has 0 saturated carbocycles. The molecule has 2 heterocycles. The summed E-state index contributed by atoms with van der Waals surface area (Å²) in [5.41, 5.74) is 0. The minimum Gasteiger partial charge on any atom is -0.354 e. The molecule has 0 bridgehead atoms. The Morgan fingerprint density at radius 3 is 2.84 bits per heavy atom. The van der Waals surface area contributed by atoms with E-state index < -0.39 is 0 Å². The molecule has 2 rings (SSSR count). The van der Waals surface area contributed by atoms with Gasteiger partial charge >= 0.3 is 0 Å². The van der Waals surface area contributed by atoms with E-state index in [4.69, 9.17) is 0 Å². The molecule has 2 unspecified atom stereocenters. The molecule has 2 N–H and O–H groups in total. The Morgan fingerprint density at radius 2 is 2.20 bits per heavy atom. The van der Waals surface area contributed by atoms with Crippen LogP contribution in [0.3, 0.4) is 0 Å². The summed E-state index contributed by atoms with van der Waals surface area (Å²) >= 11 is 0. The molecular formula is C16H30IN7O. The zero-order chi connectivity index (χ0) is 17.7. The van der Waals surface area contributed by atoms with E-state index in [2.05, 4.69) is 39.6 Å². The second-order valence-electron chi connectivity index (χ2n) is 6.54. The Labute approximate surface area is 166 Å². The maximum atomic E-state index is 11.8. The van der Waals surface area contributed by atoms with Crippen molar-refractivity contribution in [1.82, 2.24) is 30.3 Å². The van der Waals surface area contributed by atoms with Crippen molar-refractivity contribution < 1.29 is 4.79 Å². The predicted octanol–water partition coefficient (Wildman–Crippen LogP) is 0.941. The first kappa shape index (κ1) is 21.7. The Hall–Kier alpha value is -1.39. The first-order valence-corrected chi connectivity index (χ1v) is 8.57. The van der Waals surface area contributed by atoms with Crippen LogP contribution in [0.15, 0.2) is 4.99 Å². The number of aromatic nitrogens is 3. The second kappa shape index (κ2) is 9.93. The van der Waals surface area contributed by atoms with Crippen molar-refractivity contribution in [1.29, 1.82) is 0 Å². The smallest absolute Gasteiger partial charge is 0.243 e. The van der Waals surface area contributed by atoms with Crippen LogP contribution in [0.2, 0.25) is 0 Å². The number of hydrogen-bond donors (Lipinski definition) is 2. The Kier molecular flexibility index (Phi) is 8.60. The number of aliphatic imine (C=N–C) groups is 1. The van der Waals surface area contributed by atoms with Crippen molar-refractivity contribution in [2.75, 3.05) is 20.6 Å². The van der Waals surface area contributed by atoms with Gasteiger partial charge in [-0.2, -0.15) is 5.10 Å². The van der Waals surface area contributed by atoms with Crippen LogP contribution in [0.25, 0.3) is 0 Å². The van der Waals surface area contributed by atoms with Gasteiger partial charge in [0.2, 0.25) is 5.91 Å². The number of nitrogens with one attached hydrogen (secondary N) is 2. The van der Waals surface area contributed by atoms with Gasteiger partial charge in [-0.1, -0.05) is 6.92 Å². The highest BCUT2D eigenvalue weighted by Gasteiger charge is 2.22. The van der Waals surface area contributed by atoms with E-state index in [0.717, 1.165) is 37.5 Å². The third-order valence-electron chi connectivity index (χ3n) is 4.17. The Bertz CT molecular complexity index is 599. The lowest BCUT2D eigenvalue weighted by atomic mass is 10.1. The lowest BCUT2D eigenvalue weighted by molar-refractivity contribution is -0.127. The van der Waals surface area contributed by atoms with Crippen LogP contribution in [0, 0.1) is 6.92 Å². The molecule has 25 heavy (non-hydrogen) atoms. The van der Waals surface area contributed by atoms with Crippen LogP contribution < -0.4 is 10.6 Å². The van der Waals surface area contributed by atoms with Gasteiger partial charge in [-0.3, -0.25) is 4.79 Å². The van der Waals surface area contributed by atoms with E-state index in [9.17, 15) is 4.79 Å². The number of rotatable bonds is 5. The number of amides is 1. The summed E-state index contributed by atoms with van der Waals surface area (Å²) < 4.78 is 1.96. The number of carbonyl (C=O) groups excluding carboxylic acids is 1. The predicted molar refractivity (Wildman–Crippen MR) is 109 cm³/mol. The number of aryl methyl sites for hydroxylation is 2. The summed E-state index contributed by atoms with van der Waals surface area (Å²) in [5, 5.41) is 11.2. The maximum absolute atomic E-state index is 11.8. The van der Waals surface area contributed by atoms with Gasteiger partial charge in [-0.25, -0.2) is 14.7 Å². The molecule has 0 fully saturated rings. The highest BCUT2D eigenvalue weighted by Crippen LogP contribution is 2.12. The molecule has 0 aliphatic carbocycles. The van der Waals surface area contributed by atoms with Gasteiger partial charge < -0.3 is 15.5 Å². The molecule has 1 aliphatic rings. The number of carbonyl (C=O) groups is 1. The molecule has 8 nitrogen and oxygen atoms in total. The zero-order valence-electron chi connectivity index (χ0n) is 15.7. The molecule has 1 amide bonds. The first-order chi connectivity index (χ1) is 11.4. The van der Waals surface area contributed by atoms with E-state index >= 15 is 0 Å². The van der Waals surface area contributed by atoms with Gasteiger partial charge in [0.1, 0.15) is 18.2 Å². The quantitative estimate of drug-likeness (QED) is 0.386. The van der Waals surface area contributed by atoms with Crippen molar-refractivity contribution in [2.45, 2.75) is 58.7 Å². The molecule has 0 radical (unpaired) electrons. The maximum Gasteiger partial charge on any atom is 0.243 e. The molecule has 0 saturated heterocycles. The van der Waals surface area contributed by atoms with Crippen molar-refractivity contribution in [3.63, 3.8) is 0 Å². The van der Waals surface area contributed by atoms with E-state index in [-0.39, 0.29) is 42.5 Å². The van der Waals surface area contributed by atoms with Gasteiger partial charge in [0, 0.05) is 32.6 Å². The van der Waals surface area contributed by atoms with Gasteiger partial charge in [0.15, 0.2) is 5.96 Å². The largest absolute Gasteiger partial charge is 0.354 e. The molecule has 0 spiro atoms. The van der Waals surface area contributed by atoms with E-state index in [1.165, 1.54) is 0 Å². The number of guanidine groups is 1. The van der Waals surface area contributed by atoms with E-state index in [0.29, 0.717) is 12.0 Å². The lowest BCUT2D eigenvalue weighted by Gasteiger charge is -2.26. The molecule has 1 aliphatic heterocycles. The number of hydrogen-bond acceptors (Lipinski definition) is 4. The summed E-state index contributed by atoms with van der Waals surface area (Å²) in [6.07, 6.45) is 2.85. The standard InChI is InChI=1S/C16H29N7O.HI/c1-6-11(2)18-16(17-9-15(24)22(4)5)20-13-7-8-14-19-12(3)21-23(14)10-13;/h11,13H,6-10H2,1-5H3,(H2,17,18,20);1H. The fraction of sp³-hybridized carbons (Fsp3) is 0.750. The fourth-order valence-electron chi connectivity index (χ4n) is 2.50. The minimum atomic E-state index is -0.0157. The first-order valence-electron chi connectivity index (χ1n) is 8.57. The lowest BCUT2D eigenvalue weighted by Crippen LogP contribution is -2.49. The van der Waals surface area contributed by atoms with E-state index in [1.54, 1.807) is 19.0 Å². The SMILES string of the molecule is CCC(C)NC(=NCC(=O)N(C)C)NC1CCc2nc(C)nn2C1.I. The average molecular weight is 463 g/mol. The number of likely N-dealkylation sites (N-methyl/N-ethyl adjacent to an activating group) is 1. The van der Waals surface area contributed by atoms with E-state index in [1.807, 2.05) is 11.6 Å². The summed E-state index contributed by atoms with van der Waals surface area (Å²) in [7, 11) is 3.48. The molecule has 9 heteroatoms. The van der Waals surface area contributed by atoms with Crippen LogP contribution in [0.4, 0.5) is 0 Å². The summed E-state index contributed by atoms with van der Waals surface area (Å²) in [6.45, 7) is 7.03. The molecule has 142 valence electrons. The molecule has 1 aromatic rings. The van der Waals surface area contributed by atoms with Gasteiger partial charge in [0.05, 0.1) is 6.54 Å². The summed E-state index contributed by atoms with van der Waals surface area (Å²) in [5.74, 6) is 2.53. The van der Waals surface area contributed by atoms with Gasteiger partial charge in [0.25, 0.3) is 0 Å². The monoisotopic (exact) mass is 463 g/mol. The number of fused-ring (bicyclic) bond motifs is 1. The van der Waals surface area contributed by atoms with Crippen molar-refractivity contribution >= 4 is 35.8 Å². The van der Waals surface area contributed by atoms with Crippen LogP contribution in [0.1, 0.15) is 38.3 Å². The van der Waals surface area contributed by atoms with Gasteiger partial charge in [-0.05, 0) is 26.7 Å². The van der Waals surface area contributed by atoms with Crippen LogP contribution >= 0.6 is 24.0 Å². The highest BCUT2D eigenvalue weighted by molar-refractivity contribution is 14.0. The summed E-state index contributed by atoms with van der Waals surface area (Å²) in [4.78, 5) is 22.2. The third kappa shape index (κ3) is 6.44. The molecule has 0 aromatic carbocycles. The molecule has 1 aromatic heterocycles. The topological polar surface area (TPSA) is 87.4 Å². The van der Waals surface area contributed by atoms with Crippen molar-refractivity contribution in [2.24, 2.45) is 4.99 Å². The van der Waals surface area contributed by atoms with Crippen molar-refractivity contribution in [3.8, 4) is 0 Å². The third-order valence-corrected chi connectivity index (χ3v) is 4.17. The van der Waals surface area contributed by atoms with Crippen LogP contribution in [0.5, 0.6) is 0 Å². The second-order valence-corrected chi connectivity index (χ2v) is 6.54. The number of halogens is 1. The Balaban J connectivity index is 0.00000312. The summed E-state index contributed by atoms with van der Waals surface area (Å²) in [6, 6.07) is 0.516. The fourth-order valence-corrected chi connectivity index (χ4v) is 2.50. The highest BCUT2D eigenvalue weighted by atomic mass is 127.